The minimum atomic E-state index is -0.385. The zero-order valence-corrected chi connectivity index (χ0v) is 16.2. The van der Waals surface area contributed by atoms with Crippen molar-refractivity contribution < 1.29 is 9.59 Å². The second-order valence-electron chi connectivity index (χ2n) is 9.17. The maximum Gasteiger partial charge on any atom is 0.223 e. The van der Waals surface area contributed by atoms with E-state index in [0.717, 1.165) is 0 Å². The van der Waals surface area contributed by atoms with Gasteiger partial charge in [-0.2, -0.15) is 0 Å². The summed E-state index contributed by atoms with van der Waals surface area (Å²) in [5, 5.41) is 6.19. The molecule has 0 aromatic rings. The van der Waals surface area contributed by atoms with Crippen molar-refractivity contribution in [2.24, 2.45) is 17.3 Å². The maximum absolute atomic E-state index is 12.4. The lowest BCUT2D eigenvalue weighted by Gasteiger charge is -2.38. The molecule has 0 fully saturated rings. The predicted octanol–water partition coefficient (Wildman–Crippen LogP) is 3.50. The Hall–Kier alpha value is -1.06. The summed E-state index contributed by atoms with van der Waals surface area (Å²) in [4.78, 5) is 24.3. The van der Waals surface area contributed by atoms with Gasteiger partial charge in [-0.1, -0.05) is 41.5 Å². The molecule has 0 heterocycles. The maximum atomic E-state index is 12.4. The molecule has 4 heteroatoms. The third kappa shape index (κ3) is 7.28. The summed E-state index contributed by atoms with van der Waals surface area (Å²) in [6, 6.07) is 0. The number of amides is 2. The van der Waals surface area contributed by atoms with Crippen LogP contribution in [0.25, 0.3) is 0 Å². The summed E-state index contributed by atoms with van der Waals surface area (Å²) in [6.45, 7) is 19.9. The van der Waals surface area contributed by atoms with Gasteiger partial charge in [0, 0.05) is 22.9 Å². The van der Waals surface area contributed by atoms with E-state index in [1.54, 1.807) is 0 Å². The molecule has 0 aromatic heterocycles. The monoisotopic (exact) mass is 312 g/mol. The van der Waals surface area contributed by atoms with E-state index in [9.17, 15) is 9.59 Å². The highest BCUT2D eigenvalue weighted by atomic mass is 16.2. The molecule has 0 aliphatic rings. The number of hydrogen-bond donors (Lipinski definition) is 2. The Labute approximate surface area is 136 Å². The molecule has 0 bridgehead atoms. The number of hydrogen-bond acceptors (Lipinski definition) is 2. The molecular weight excluding hydrogens is 276 g/mol. The normalized spacial score (nSPS) is 14.7. The third-order valence-corrected chi connectivity index (χ3v) is 4.02. The smallest absolute Gasteiger partial charge is 0.223 e. The SMILES string of the molecule is CC(C)C(=O)NC(C)(C)CC(C)(C)NC(=O)C(C)C(C)(C)C. The van der Waals surface area contributed by atoms with Crippen LogP contribution in [-0.2, 0) is 9.59 Å². The van der Waals surface area contributed by atoms with Crippen molar-refractivity contribution in [2.75, 3.05) is 0 Å². The topological polar surface area (TPSA) is 58.2 Å². The second kappa shape index (κ2) is 7.01. The highest BCUT2D eigenvalue weighted by Crippen LogP contribution is 2.27. The Bertz CT molecular complexity index is 404. The Kier molecular flexibility index (Phi) is 6.67. The van der Waals surface area contributed by atoms with Crippen LogP contribution in [0.15, 0.2) is 0 Å². The van der Waals surface area contributed by atoms with Gasteiger partial charge in [-0.25, -0.2) is 0 Å². The molecule has 0 saturated carbocycles. The Morgan fingerprint density at radius 3 is 1.45 bits per heavy atom. The first-order chi connectivity index (χ1) is 9.57. The second-order valence-corrected chi connectivity index (χ2v) is 9.17. The van der Waals surface area contributed by atoms with Gasteiger partial charge < -0.3 is 10.6 Å². The molecule has 0 aliphatic heterocycles. The van der Waals surface area contributed by atoms with Crippen LogP contribution >= 0.6 is 0 Å². The number of nitrogens with one attached hydrogen (secondary N) is 2. The Morgan fingerprint density at radius 1 is 0.773 bits per heavy atom. The fourth-order valence-electron chi connectivity index (χ4n) is 2.51. The summed E-state index contributed by atoms with van der Waals surface area (Å²) in [6.07, 6.45) is 0.668. The quantitative estimate of drug-likeness (QED) is 0.788. The molecule has 0 aliphatic carbocycles. The molecule has 0 spiro atoms. The summed E-state index contributed by atoms with van der Waals surface area (Å²) in [5.41, 5.74) is -0.824. The highest BCUT2D eigenvalue weighted by Gasteiger charge is 2.34. The van der Waals surface area contributed by atoms with E-state index in [1.165, 1.54) is 0 Å². The van der Waals surface area contributed by atoms with Crippen LogP contribution in [0.3, 0.4) is 0 Å². The van der Waals surface area contributed by atoms with Crippen LogP contribution in [0.4, 0.5) is 0 Å². The van der Waals surface area contributed by atoms with Crippen molar-refractivity contribution in [2.45, 2.75) is 86.7 Å². The van der Waals surface area contributed by atoms with Crippen molar-refractivity contribution in [1.29, 1.82) is 0 Å². The predicted molar refractivity (Wildman–Crippen MR) is 92.5 cm³/mol. The summed E-state index contributed by atoms with van der Waals surface area (Å²) < 4.78 is 0. The molecule has 4 nitrogen and oxygen atoms in total. The van der Waals surface area contributed by atoms with E-state index in [1.807, 2.05) is 48.5 Å². The van der Waals surface area contributed by atoms with E-state index in [4.69, 9.17) is 0 Å². The summed E-state index contributed by atoms with van der Waals surface area (Å²) >= 11 is 0. The Morgan fingerprint density at radius 2 is 1.14 bits per heavy atom. The third-order valence-electron chi connectivity index (χ3n) is 4.02. The van der Waals surface area contributed by atoms with Crippen molar-refractivity contribution in [3.63, 3.8) is 0 Å². The average Bonchev–Trinajstić information content (AvgIpc) is 2.22. The van der Waals surface area contributed by atoms with Crippen molar-refractivity contribution in [1.82, 2.24) is 10.6 Å². The van der Waals surface area contributed by atoms with Gasteiger partial charge in [0.05, 0.1) is 0 Å². The van der Waals surface area contributed by atoms with Crippen molar-refractivity contribution in [3.05, 3.63) is 0 Å². The molecule has 0 aromatic carbocycles. The lowest BCUT2D eigenvalue weighted by molar-refractivity contribution is -0.129. The zero-order chi connectivity index (χ0) is 17.9. The van der Waals surface area contributed by atoms with Gasteiger partial charge in [-0.05, 0) is 39.5 Å². The zero-order valence-electron chi connectivity index (χ0n) is 16.2. The van der Waals surface area contributed by atoms with Crippen LogP contribution in [0, 0.1) is 17.3 Å². The highest BCUT2D eigenvalue weighted by molar-refractivity contribution is 5.80. The fraction of sp³-hybridized carbons (Fsp3) is 0.889. The fourth-order valence-corrected chi connectivity index (χ4v) is 2.51. The number of carbonyl (C=O) groups excluding carboxylic acids is 2. The molecule has 0 saturated heterocycles. The van der Waals surface area contributed by atoms with Crippen LogP contribution in [-0.4, -0.2) is 22.9 Å². The van der Waals surface area contributed by atoms with Gasteiger partial charge >= 0.3 is 0 Å². The van der Waals surface area contributed by atoms with Gasteiger partial charge in [-0.3, -0.25) is 9.59 Å². The van der Waals surface area contributed by atoms with Gasteiger partial charge in [0.15, 0.2) is 0 Å². The molecule has 2 N–H and O–H groups in total. The minimum absolute atomic E-state index is 0.0372. The van der Waals surface area contributed by atoms with E-state index in [-0.39, 0.29) is 40.1 Å². The summed E-state index contributed by atoms with van der Waals surface area (Å²) in [5.74, 6) is -0.0169. The van der Waals surface area contributed by atoms with Gasteiger partial charge in [0.25, 0.3) is 0 Å². The van der Waals surface area contributed by atoms with Gasteiger partial charge in [-0.15, -0.1) is 0 Å². The van der Waals surface area contributed by atoms with E-state index >= 15 is 0 Å². The molecular formula is C18H36N2O2. The van der Waals surface area contributed by atoms with Crippen LogP contribution in [0.1, 0.15) is 75.7 Å². The van der Waals surface area contributed by atoms with Crippen LogP contribution < -0.4 is 10.6 Å². The molecule has 130 valence electrons. The van der Waals surface area contributed by atoms with Crippen LogP contribution in [0.5, 0.6) is 0 Å². The number of carbonyl (C=O) groups is 2. The first kappa shape index (κ1) is 20.9. The molecule has 1 unspecified atom stereocenters. The number of rotatable bonds is 6. The molecule has 0 rings (SSSR count). The van der Waals surface area contributed by atoms with Crippen LogP contribution in [0.2, 0.25) is 0 Å². The van der Waals surface area contributed by atoms with Gasteiger partial charge in [0.1, 0.15) is 0 Å². The average molecular weight is 312 g/mol. The van der Waals surface area contributed by atoms with E-state index in [0.29, 0.717) is 6.42 Å². The van der Waals surface area contributed by atoms with Gasteiger partial charge in [0.2, 0.25) is 11.8 Å². The molecule has 2 amide bonds. The summed E-state index contributed by atoms with van der Waals surface area (Å²) in [7, 11) is 0. The molecule has 22 heavy (non-hydrogen) atoms. The lowest BCUT2D eigenvalue weighted by atomic mass is 9.80. The van der Waals surface area contributed by atoms with Crippen molar-refractivity contribution in [3.8, 4) is 0 Å². The largest absolute Gasteiger partial charge is 0.351 e. The standard InChI is InChI=1S/C18H36N2O2/c1-12(2)14(21)19-17(7,8)11-18(9,10)20-15(22)13(3)16(4,5)6/h12-13H,11H2,1-10H3,(H,19,21)(H,20,22). The Balaban J connectivity index is 4.82. The first-order valence-corrected chi connectivity index (χ1v) is 8.21. The van der Waals surface area contributed by atoms with E-state index < -0.39 is 0 Å². The van der Waals surface area contributed by atoms with Crippen molar-refractivity contribution >= 4 is 11.8 Å². The molecule has 0 radical (unpaired) electrons. The van der Waals surface area contributed by atoms with E-state index in [2.05, 4.69) is 31.4 Å². The lowest BCUT2D eigenvalue weighted by Crippen LogP contribution is -2.55. The first-order valence-electron chi connectivity index (χ1n) is 8.21. The molecule has 1 atom stereocenters. The minimum Gasteiger partial charge on any atom is -0.351 e.